The summed E-state index contributed by atoms with van der Waals surface area (Å²) in [5, 5.41) is 6.87. The van der Waals surface area contributed by atoms with E-state index in [1.54, 1.807) is 13.3 Å². The van der Waals surface area contributed by atoms with E-state index in [9.17, 15) is 4.39 Å². The average molecular weight is 569 g/mol. The summed E-state index contributed by atoms with van der Waals surface area (Å²) in [6.07, 6.45) is 5.59. The highest BCUT2D eigenvalue weighted by atomic mass is 19.1. The third-order valence-corrected chi connectivity index (χ3v) is 7.76. The molecule has 0 saturated heterocycles. The lowest BCUT2D eigenvalue weighted by Crippen LogP contribution is -1.98. The van der Waals surface area contributed by atoms with Gasteiger partial charge < -0.3 is 9.47 Å². The molecule has 4 aromatic carbocycles. The van der Waals surface area contributed by atoms with E-state index in [1.165, 1.54) is 0 Å². The topological polar surface area (TPSA) is 54.1 Å². The van der Waals surface area contributed by atoms with Gasteiger partial charge in [0.1, 0.15) is 29.7 Å². The Hall–Kier alpha value is -5.43. The lowest BCUT2D eigenvalue weighted by Gasteiger charge is -2.11. The Bertz CT molecular complexity index is 2100. The molecule has 0 atom stereocenters. The minimum atomic E-state index is -0.471. The van der Waals surface area contributed by atoms with Crippen molar-refractivity contribution < 1.29 is 13.9 Å². The zero-order valence-electron chi connectivity index (χ0n) is 24.1. The van der Waals surface area contributed by atoms with Crippen LogP contribution in [0.5, 0.6) is 17.2 Å². The first-order valence-electron chi connectivity index (χ1n) is 14.1. The maximum absolute atomic E-state index is 13.3. The van der Waals surface area contributed by atoms with Crippen LogP contribution in [0.2, 0.25) is 0 Å². The fraction of sp³-hybridized carbons (Fsp3) is 0.111. The van der Waals surface area contributed by atoms with Gasteiger partial charge in [0.25, 0.3) is 0 Å². The van der Waals surface area contributed by atoms with E-state index < -0.39 is 6.67 Å². The summed E-state index contributed by atoms with van der Waals surface area (Å²) in [5.74, 6) is 2.90. The maximum Gasteiger partial charge on any atom is 0.141 e. The van der Waals surface area contributed by atoms with Crippen molar-refractivity contribution in [3.63, 3.8) is 0 Å². The van der Waals surface area contributed by atoms with E-state index in [2.05, 4.69) is 32.8 Å². The molecule has 0 aliphatic rings. The molecule has 0 aliphatic heterocycles. The Kier molecular flexibility index (Phi) is 6.62. The predicted molar refractivity (Wildman–Crippen MR) is 168 cm³/mol. The van der Waals surface area contributed by atoms with E-state index in [4.69, 9.17) is 9.47 Å². The number of fused-ring (bicyclic) bond motifs is 3. The molecule has 3 aromatic heterocycles. The molecule has 0 radical (unpaired) electrons. The van der Waals surface area contributed by atoms with Crippen molar-refractivity contribution >= 4 is 21.8 Å². The summed E-state index contributed by atoms with van der Waals surface area (Å²) < 4.78 is 29.1. The number of rotatable bonds is 7. The lowest BCUT2D eigenvalue weighted by molar-refractivity contribution is 0.414. The van der Waals surface area contributed by atoms with E-state index >= 15 is 0 Å². The molecule has 0 saturated carbocycles. The van der Waals surface area contributed by atoms with Crippen LogP contribution < -0.4 is 9.47 Å². The first-order chi connectivity index (χ1) is 21.0. The second-order valence-electron chi connectivity index (χ2n) is 10.6. The van der Waals surface area contributed by atoms with E-state index in [-0.39, 0.29) is 0 Å². The lowest BCUT2D eigenvalue weighted by atomic mass is 9.96. The van der Waals surface area contributed by atoms with Gasteiger partial charge in [0, 0.05) is 46.9 Å². The van der Waals surface area contributed by atoms with Crippen LogP contribution >= 0.6 is 0 Å². The van der Waals surface area contributed by atoms with Crippen molar-refractivity contribution in [1.82, 2.24) is 19.3 Å². The Balaban J connectivity index is 1.24. The van der Waals surface area contributed by atoms with Gasteiger partial charge in [-0.3, -0.25) is 4.57 Å². The number of alkyl halides is 1. The Morgan fingerprint density at radius 3 is 2.37 bits per heavy atom. The molecule has 0 spiro atoms. The molecule has 0 bridgehead atoms. The third kappa shape index (κ3) is 4.78. The molecule has 0 N–H and O–H groups in total. The highest BCUT2D eigenvalue weighted by Crippen LogP contribution is 2.36. The number of pyridine rings is 1. The number of aryl methyl sites for hydroxylation is 2. The van der Waals surface area contributed by atoms with E-state index in [1.807, 2.05) is 104 Å². The third-order valence-electron chi connectivity index (χ3n) is 7.76. The number of nitrogens with zero attached hydrogens (tertiary/aromatic N) is 4. The fourth-order valence-electron chi connectivity index (χ4n) is 5.91. The molecule has 0 aliphatic carbocycles. The zero-order valence-corrected chi connectivity index (χ0v) is 24.1. The summed E-state index contributed by atoms with van der Waals surface area (Å²) in [7, 11) is 1.66. The number of ether oxygens (including phenoxy) is 2. The second kappa shape index (κ2) is 10.8. The van der Waals surface area contributed by atoms with Crippen molar-refractivity contribution in [3.05, 3.63) is 126 Å². The molecule has 7 aromatic rings. The molecule has 212 valence electrons. The fourth-order valence-corrected chi connectivity index (χ4v) is 5.91. The molecular weight excluding hydrogens is 539 g/mol. The minimum Gasteiger partial charge on any atom is -0.497 e. The Labute approximate surface area is 248 Å². The van der Waals surface area contributed by atoms with Crippen LogP contribution in [-0.4, -0.2) is 26.4 Å². The number of halogens is 1. The monoisotopic (exact) mass is 568 g/mol. The average Bonchev–Trinajstić information content (AvgIpc) is 3.64. The first kappa shape index (κ1) is 26.5. The van der Waals surface area contributed by atoms with Gasteiger partial charge >= 0.3 is 0 Å². The van der Waals surface area contributed by atoms with Gasteiger partial charge in [-0.2, -0.15) is 5.10 Å². The molecule has 43 heavy (non-hydrogen) atoms. The normalized spacial score (nSPS) is 11.3. The predicted octanol–water partition coefficient (Wildman–Crippen LogP) is 8.92. The molecule has 7 rings (SSSR count). The summed E-state index contributed by atoms with van der Waals surface area (Å²) in [6, 6.07) is 29.8. The van der Waals surface area contributed by atoms with Gasteiger partial charge in [-0.05, 0) is 72.5 Å². The Morgan fingerprint density at radius 1 is 0.767 bits per heavy atom. The summed E-state index contributed by atoms with van der Waals surface area (Å²) in [5.41, 5.74) is 7.71. The second-order valence-corrected chi connectivity index (χ2v) is 10.6. The highest BCUT2D eigenvalue weighted by molar-refractivity contribution is 6.09. The Morgan fingerprint density at radius 2 is 1.56 bits per heavy atom. The van der Waals surface area contributed by atoms with Crippen molar-refractivity contribution in [3.8, 4) is 39.9 Å². The smallest absolute Gasteiger partial charge is 0.141 e. The van der Waals surface area contributed by atoms with Crippen molar-refractivity contribution in [2.75, 3.05) is 7.11 Å². The molecule has 0 fully saturated rings. The minimum absolute atomic E-state index is 0.471. The quantitative estimate of drug-likeness (QED) is 0.193. The standard InChI is InChI=1S/C36H29FN4O2/c1-23-15-25(20-37)16-24(2)36(23)26-21-39-40(22-26)27-7-6-8-29(17-27)43-30-11-12-32-31-9-4-5-10-33(31)41(34(32)18-30)35-19-28(42-3)13-14-38-35/h4-19,21-22H,20H2,1-3H3. The zero-order chi connectivity index (χ0) is 29.5. The van der Waals surface area contributed by atoms with Gasteiger partial charge in [-0.1, -0.05) is 36.4 Å². The van der Waals surface area contributed by atoms with Gasteiger partial charge in [0.2, 0.25) is 0 Å². The van der Waals surface area contributed by atoms with E-state index in [0.29, 0.717) is 17.1 Å². The van der Waals surface area contributed by atoms with Gasteiger partial charge in [-0.15, -0.1) is 0 Å². The molecule has 7 heteroatoms. The maximum atomic E-state index is 13.3. The summed E-state index contributed by atoms with van der Waals surface area (Å²) in [4.78, 5) is 4.65. The molecular formula is C36H29FN4O2. The van der Waals surface area contributed by atoms with Gasteiger partial charge in [0.05, 0.1) is 30.0 Å². The number of hydrogen-bond donors (Lipinski definition) is 0. The number of para-hydroxylation sites is 1. The van der Waals surface area contributed by atoms with Crippen molar-refractivity contribution in [2.45, 2.75) is 20.5 Å². The number of methoxy groups -OCH3 is 1. The molecule has 6 nitrogen and oxygen atoms in total. The van der Waals surface area contributed by atoms with Crippen molar-refractivity contribution in [1.29, 1.82) is 0 Å². The summed E-state index contributed by atoms with van der Waals surface area (Å²) >= 11 is 0. The van der Waals surface area contributed by atoms with Crippen LogP contribution in [0.15, 0.2) is 110 Å². The van der Waals surface area contributed by atoms with Crippen LogP contribution in [0.25, 0.3) is 44.4 Å². The van der Waals surface area contributed by atoms with Crippen LogP contribution in [-0.2, 0) is 6.67 Å². The molecule has 0 unspecified atom stereocenters. The first-order valence-corrected chi connectivity index (χ1v) is 14.1. The van der Waals surface area contributed by atoms with Gasteiger partial charge in [-0.25, -0.2) is 14.1 Å². The summed E-state index contributed by atoms with van der Waals surface area (Å²) in [6.45, 7) is 3.54. The van der Waals surface area contributed by atoms with Gasteiger partial charge in [0.15, 0.2) is 0 Å². The van der Waals surface area contributed by atoms with Crippen LogP contribution in [0.1, 0.15) is 16.7 Å². The number of benzene rings is 4. The number of aromatic nitrogens is 4. The number of hydrogen-bond acceptors (Lipinski definition) is 4. The van der Waals surface area contributed by atoms with Crippen LogP contribution in [0.3, 0.4) is 0 Å². The van der Waals surface area contributed by atoms with E-state index in [0.717, 1.165) is 61.3 Å². The molecule has 3 heterocycles. The molecule has 0 amide bonds. The van der Waals surface area contributed by atoms with Crippen molar-refractivity contribution in [2.24, 2.45) is 0 Å². The largest absolute Gasteiger partial charge is 0.497 e. The highest BCUT2D eigenvalue weighted by Gasteiger charge is 2.15. The SMILES string of the molecule is COc1ccnc(-n2c3ccccc3c3ccc(Oc4cccc(-n5cc(-c6c(C)cc(CF)cc6C)cn5)c4)cc32)c1. The van der Waals surface area contributed by atoms with Crippen LogP contribution in [0.4, 0.5) is 4.39 Å². The van der Waals surface area contributed by atoms with Crippen LogP contribution in [0, 0.1) is 13.8 Å².